The molecule has 2 aliphatic rings. The number of carbonyl (C=O) groups excluding carboxylic acids is 2. The van der Waals surface area contributed by atoms with E-state index >= 15 is 0 Å². The highest BCUT2D eigenvalue weighted by Crippen LogP contribution is 2.60. The van der Waals surface area contributed by atoms with Gasteiger partial charge in [0, 0.05) is 29.8 Å². The normalized spacial score (nSPS) is 22.5. The van der Waals surface area contributed by atoms with Crippen molar-refractivity contribution in [2.45, 2.75) is 25.2 Å². The summed E-state index contributed by atoms with van der Waals surface area (Å²) in [6.07, 6.45) is 1.73. The van der Waals surface area contributed by atoms with E-state index in [1.807, 2.05) is 24.3 Å². The number of carbonyl (C=O) groups is 2. The molecular formula is C26H25NO4Si. The molecule has 162 valence electrons. The molecule has 0 saturated carbocycles. The van der Waals surface area contributed by atoms with Gasteiger partial charge in [0.25, 0.3) is 0 Å². The summed E-state index contributed by atoms with van der Waals surface area (Å²) in [7, 11) is 1.08. The Morgan fingerprint density at radius 3 is 2.28 bits per heavy atom. The maximum Gasteiger partial charge on any atom is 0.200 e. The van der Waals surface area contributed by atoms with E-state index in [-0.39, 0.29) is 11.6 Å². The van der Waals surface area contributed by atoms with Gasteiger partial charge in [0.15, 0.2) is 17.2 Å². The van der Waals surface area contributed by atoms with Crippen molar-refractivity contribution in [2.24, 2.45) is 5.92 Å². The number of benzene rings is 2. The lowest BCUT2D eigenvalue weighted by Gasteiger charge is -2.56. The summed E-state index contributed by atoms with van der Waals surface area (Å²) in [6.45, 7) is 6.59. The van der Waals surface area contributed by atoms with Crippen LogP contribution in [-0.4, -0.2) is 44.4 Å². The molecule has 0 amide bonds. The second-order valence-electron chi connectivity index (χ2n) is 9.37. The first-order valence-electron chi connectivity index (χ1n) is 10.7. The minimum Gasteiger partial charge on any atom is -0.494 e. The molecule has 32 heavy (non-hydrogen) atoms. The van der Waals surface area contributed by atoms with Crippen molar-refractivity contribution in [2.75, 3.05) is 14.2 Å². The number of pyridine rings is 1. The maximum atomic E-state index is 13.9. The minimum atomic E-state index is -2.09. The van der Waals surface area contributed by atoms with E-state index in [0.717, 1.165) is 27.2 Å². The van der Waals surface area contributed by atoms with Crippen LogP contribution in [0.1, 0.15) is 26.3 Å². The zero-order valence-corrected chi connectivity index (χ0v) is 19.9. The standard InChI is InChI=1S/C26H25NO4Si/c1-30-19-13-12-15(16-11-8-14-27-22(16)19)20-21-23(28)17-9-6-7-10-18(17)24(29)26(21,31-2)25(20)32(3,4)5/h6-14,21H,1-5H3. The predicted octanol–water partition coefficient (Wildman–Crippen LogP) is 4.97. The van der Waals surface area contributed by atoms with E-state index in [1.165, 1.54) is 0 Å². The zero-order chi connectivity index (χ0) is 22.8. The van der Waals surface area contributed by atoms with Gasteiger partial charge in [-0.3, -0.25) is 14.6 Å². The number of ketones is 2. The Hall–Kier alpha value is -3.09. The fourth-order valence-corrected chi connectivity index (χ4v) is 8.10. The number of ether oxygens (including phenoxy) is 2. The van der Waals surface area contributed by atoms with Gasteiger partial charge in [0.1, 0.15) is 11.3 Å². The molecule has 0 aliphatic heterocycles. The quantitative estimate of drug-likeness (QED) is 0.533. The molecule has 1 aromatic heterocycles. The molecule has 5 rings (SSSR count). The van der Waals surface area contributed by atoms with E-state index in [9.17, 15) is 9.59 Å². The second kappa shape index (κ2) is 6.95. The molecule has 0 bridgehead atoms. The third kappa shape index (κ3) is 2.51. The molecule has 1 heterocycles. The van der Waals surface area contributed by atoms with Gasteiger partial charge in [-0.2, -0.15) is 0 Å². The number of rotatable bonds is 4. The van der Waals surface area contributed by atoms with E-state index in [2.05, 4.69) is 24.6 Å². The van der Waals surface area contributed by atoms with E-state index in [4.69, 9.17) is 9.47 Å². The van der Waals surface area contributed by atoms with Gasteiger partial charge in [-0.1, -0.05) is 56.0 Å². The molecule has 0 saturated heterocycles. The Bertz CT molecular complexity index is 1340. The van der Waals surface area contributed by atoms with Crippen LogP contribution >= 0.6 is 0 Å². The van der Waals surface area contributed by atoms with Crippen molar-refractivity contribution < 1.29 is 19.1 Å². The fourth-order valence-electron chi connectivity index (χ4n) is 5.54. The summed E-state index contributed by atoms with van der Waals surface area (Å²) in [6, 6.07) is 14.8. The molecule has 5 nitrogen and oxygen atoms in total. The van der Waals surface area contributed by atoms with Crippen molar-refractivity contribution in [3.8, 4) is 5.75 Å². The summed E-state index contributed by atoms with van der Waals surface area (Å²) in [4.78, 5) is 32.2. The maximum absolute atomic E-state index is 13.9. The highest BCUT2D eigenvalue weighted by atomic mass is 28.3. The van der Waals surface area contributed by atoms with Gasteiger partial charge in [0.05, 0.1) is 21.1 Å². The molecule has 0 N–H and O–H groups in total. The molecule has 0 radical (unpaired) electrons. The summed E-state index contributed by atoms with van der Waals surface area (Å²) in [5, 5.41) is 1.89. The summed E-state index contributed by atoms with van der Waals surface area (Å²) >= 11 is 0. The van der Waals surface area contributed by atoms with Crippen molar-refractivity contribution in [1.29, 1.82) is 0 Å². The van der Waals surface area contributed by atoms with Crippen molar-refractivity contribution in [3.63, 3.8) is 0 Å². The molecule has 2 unspecified atom stereocenters. The van der Waals surface area contributed by atoms with Crippen LogP contribution in [0.5, 0.6) is 5.75 Å². The first kappa shape index (κ1) is 20.8. The van der Waals surface area contributed by atoms with Gasteiger partial charge in [-0.05, 0) is 28.5 Å². The van der Waals surface area contributed by atoms with Gasteiger partial charge in [-0.25, -0.2) is 0 Å². The first-order chi connectivity index (χ1) is 15.3. The summed E-state index contributed by atoms with van der Waals surface area (Å²) in [5.74, 6) is -0.175. The Balaban J connectivity index is 1.87. The first-order valence-corrected chi connectivity index (χ1v) is 14.2. The molecule has 0 spiro atoms. The number of methoxy groups -OCH3 is 2. The van der Waals surface area contributed by atoms with Crippen LogP contribution in [0, 0.1) is 5.92 Å². The van der Waals surface area contributed by atoms with Crippen molar-refractivity contribution in [1.82, 2.24) is 4.98 Å². The number of Topliss-reactive ketones (excluding diaryl/α,β-unsaturated/α-hetero) is 2. The van der Waals surface area contributed by atoms with Gasteiger partial charge in [-0.15, -0.1) is 0 Å². The molecule has 6 heteroatoms. The number of fused-ring (bicyclic) bond motifs is 3. The average Bonchev–Trinajstić information content (AvgIpc) is 2.77. The Morgan fingerprint density at radius 1 is 0.906 bits per heavy atom. The highest BCUT2D eigenvalue weighted by molar-refractivity contribution is 6.85. The van der Waals surface area contributed by atoms with Crippen LogP contribution < -0.4 is 4.74 Å². The third-order valence-corrected chi connectivity index (χ3v) is 8.83. The van der Waals surface area contributed by atoms with Crippen LogP contribution in [0.4, 0.5) is 0 Å². The number of hydrogen-bond acceptors (Lipinski definition) is 5. The van der Waals surface area contributed by atoms with Gasteiger partial charge >= 0.3 is 0 Å². The Labute approximate surface area is 188 Å². The lowest BCUT2D eigenvalue weighted by Crippen LogP contribution is -2.66. The predicted molar refractivity (Wildman–Crippen MR) is 127 cm³/mol. The molecule has 2 aromatic carbocycles. The summed E-state index contributed by atoms with van der Waals surface area (Å²) in [5.41, 5.74) is 2.26. The second-order valence-corrected chi connectivity index (χ2v) is 14.4. The number of aromatic nitrogens is 1. The third-order valence-electron chi connectivity index (χ3n) is 6.69. The molecule has 2 aliphatic carbocycles. The number of hydrogen-bond donors (Lipinski definition) is 0. The molecular weight excluding hydrogens is 418 g/mol. The van der Waals surface area contributed by atoms with Crippen LogP contribution in [0.25, 0.3) is 16.5 Å². The minimum absolute atomic E-state index is 0.0630. The lowest BCUT2D eigenvalue weighted by molar-refractivity contribution is -0.00459. The van der Waals surface area contributed by atoms with E-state index < -0.39 is 19.6 Å². The van der Waals surface area contributed by atoms with Gasteiger partial charge < -0.3 is 9.47 Å². The van der Waals surface area contributed by atoms with Crippen LogP contribution in [0.15, 0.2) is 59.9 Å². The van der Waals surface area contributed by atoms with Gasteiger partial charge in [0.2, 0.25) is 0 Å². The largest absolute Gasteiger partial charge is 0.494 e. The average molecular weight is 444 g/mol. The fraction of sp³-hybridized carbons (Fsp3) is 0.269. The van der Waals surface area contributed by atoms with E-state index in [0.29, 0.717) is 16.9 Å². The van der Waals surface area contributed by atoms with Crippen LogP contribution in [0.3, 0.4) is 0 Å². The molecule has 2 atom stereocenters. The van der Waals surface area contributed by atoms with E-state index in [1.54, 1.807) is 44.7 Å². The van der Waals surface area contributed by atoms with Crippen LogP contribution in [0.2, 0.25) is 19.6 Å². The number of nitrogens with zero attached hydrogens (tertiary/aromatic N) is 1. The highest BCUT2D eigenvalue weighted by Gasteiger charge is 2.67. The van der Waals surface area contributed by atoms with Crippen molar-refractivity contribution in [3.05, 3.63) is 76.6 Å². The summed E-state index contributed by atoms with van der Waals surface area (Å²) < 4.78 is 11.6. The zero-order valence-electron chi connectivity index (χ0n) is 18.9. The molecule has 3 aromatic rings. The Morgan fingerprint density at radius 2 is 1.62 bits per heavy atom. The molecule has 0 fully saturated rings. The van der Waals surface area contributed by atoms with Crippen LogP contribution in [-0.2, 0) is 4.74 Å². The lowest BCUT2D eigenvalue weighted by atomic mass is 9.58. The smallest absolute Gasteiger partial charge is 0.200 e. The topological polar surface area (TPSA) is 65.5 Å². The van der Waals surface area contributed by atoms with Crippen molar-refractivity contribution >= 4 is 36.1 Å². The Kier molecular flexibility index (Phi) is 4.52. The SMILES string of the molecule is COc1ccc(C2=C([Si](C)(C)C)C3(OC)C(=O)c4ccccc4C(=O)C23)c2cccnc12. The monoisotopic (exact) mass is 443 g/mol.